The Kier molecular flexibility index (Phi) is 3.95. The number of rotatable bonds is 4. The summed E-state index contributed by atoms with van der Waals surface area (Å²) < 4.78 is 29.6. The van der Waals surface area contributed by atoms with Gasteiger partial charge in [0.25, 0.3) is 5.69 Å². The zero-order chi connectivity index (χ0) is 15.6. The van der Waals surface area contributed by atoms with Crippen molar-refractivity contribution >= 4 is 15.8 Å². The van der Waals surface area contributed by atoms with E-state index in [0.717, 1.165) is 11.6 Å². The molecule has 0 fully saturated rings. The molecule has 0 saturated heterocycles. The van der Waals surface area contributed by atoms with E-state index < -0.39 is 25.6 Å². The molecule has 0 aromatic heterocycles. The van der Waals surface area contributed by atoms with Crippen molar-refractivity contribution in [3.8, 4) is 5.75 Å². The summed E-state index contributed by atoms with van der Waals surface area (Å²) in [5, 5.41) is 11.0. The second kappa shape index (κ2) is 5.53. The fourth-order valence-corrected chi connectivity index (χ4v) is 3.18. The van der Waals surface area contributed by atoms with E-state index in [1.807, 2.05) is 6.92 Å². The number of nitro benzene ring substituents is 1. The van der Waals surface area contributed by atoms with Crippen LogP contribution in [-0.4, -0.2) is 13.3 Å². The number of nitrogens with zero attached hydrogens (tertiary/aromatic N) is 1. The van der Waals surface area contributed by atoms with Crippen molar-refractivity contribution in [1.82, 2.24) is 0 Å². The maximum Gasteiger partial charge on any atom is 0.346 e. The molecular formula is C14H13NO5S. The first kappa shape index (κ1) is 15.0. The monoisotopic (exact) mass is 307 g/mol. The van der Waals surface area contributed by atoms with E-state index in [1.165, 1.54) is 31.2 Å². The van der Waals surface area contributed by atoms with Crippen LogP contribution in [0.3, 0.4) is 0 Å². The molecule has 0 radical (unpaired) electrons. The number of benzene rings is 2. The van der Waals surface area contributed by atoms with Crippen LogP contribution in [0.1, 0.15) is 11.1 Å². The highest BCUT2D eigenvalue weighted by Crippen LogP contribution is 2.29. The minimum absolute atomic E-state index is 0.109. The first-order valence-corrected chi connectivity index (χ1v) is 7.47. The van der Waals surface area contributed by atoms with Crippen molar-refractivity contribution in [2.24, 2.45) is 0 Å². The summed E-state index contributed by atoms with van der Waals surface area (Å²) in [6.45, 7) is 3.34. The van der Waals surface area contributed by atoms with Crippen molar-refractivity contribution in [2.45, 2.75) is 18.7 Å². The second-order valence-corrected chi connectivity index (χ2v) is 6.01. The summed E-state index contributed by atoms with van der Waals surface area (Å²) in [5.41, 5.74) is 0.708. The zero-order valence-electron chi connectivity index (χ0n) is 11.4. The maximum atomic E-state index is 12.3. The van der Waals surface area contributed by atoms with E-state index >= 15 is 0 Å². The highest BCUT2D eigenvalue weighted by Gasteiger charge is 2.29. The molecule has 0 heterocycles. The van der Waals surface area contributed by atoms with Gasteiger partial charge in [-0.25, -0.2) is 0 Å². The molecular weight excluding hydrogens is 294 g/mol. The average molecular weight is 307 g/mol. The number of nitro groups is 1. The summed E-state index contributed by atoms with van der Waals surface area (Å²) >= 11 is 0. The van der Waals surface area contributed by atoms with Gasteiger partial charge < -0.3 is 4.18 Å². The molecule has 0 amide bonds. The SMILES string of the molecule is Cc1ccc(OS(=O)(=O)c2c(C)cccc2[N+](=O)[O-])cc1. The molecule has 0 aliphatic rings. The van der Waals surface area contributed by atoms with Crippen molar-refractivity contribution in [3.63, 3.8) is 0 Å². The van der Waals surface area contributed by atoms with E-state index in [0.29, 0.717) is 0 Å². The summed E-state index contributed by atoms with van der Waals surface area (Å²) in [6.07, 6.45) is 0. The third-order valence-electron chi connectivity index (χ3n) is 2.86. The van der Waals surface area contributed by atoms with Crippen molar-refractivity contribution in [1.29, 1.82) is 0 Å². The highest BCUT2D eigenvalue weighted by atomic mass is 32.2. The smallest absolute Gasteiger partial charge is 0.346 e. The molecule has 7 heteroatoms. The number of hydrogen-bond acceptors (Lipinski definition) is 5. The van der Waals surface area contributed by atoms with Crippen LogP contribution in [0.2, 0.25) is 0 Å². The molecule has 0 spiro atoms. The van der Waals surface area contributed by atoms with Crippen molar-refractivity contribution < 1.29 is 17.5 Å². The Labute approximate surface area is 122 Å². The summed E-state index contributed by atoms with van der Waals surface area (Å²) in [6, 6.07) is 10.4. The molecule has 2 rings (SSSR count). The van der Waals surface area contributed by atoms with Gasteiger partial charge in [-0.3, -0.25) is 10.1 Å². The Balaban J connectivity index is 2.49. The van der Waals surface area contributed by atoms with Crippen molar-refractivity contribution in [3.05, 3.63) is 63.7 Å². The predicted octanol–water partition coefficient (Wildman–Crippen LogP) is 2.98. The van der Waals surface area contributed by atoms with Gasteiger partial charge in [0.05, 0.1) is 4.92 Å². The Morgan fingerprint density at radius 2 is 1.67 bits per heavy atom. The molecule has 2 aromatic carbocycles. The van der Waals surface area contributed by atoms with E-state index in [4.69, 9.17) is 4.18 Å². The topological polar surface area (TPSA) is 86.5 Å². The lowest BCUT2D eigenvalue weighted by Crippen LogP contribution is -2.13. The molecule has 21 heavy (non-hydrogen) atoms. The molecule has 0 saturated carbocycles. The van der Waals surface area contributed by atoms with Gasteiger partial charge >= 0.3 is 10.1 Å². The Morgan fingerprint density at radius 1 is 1.05 bits per heavy atom. The van der Waals surface area contributed by atoms with Gasteiger partial charge in [0.15, 0.2) is 4.90 Å². The summed E-state index contributed by atoms with van der Waals surface area (Å²) in [5.74, 6) is 0.109. The Bertz CT molecular complexity index is 782. The largest absolute Gasteiger partial charge is 0.379 e. The molecule has 0 aliphatic carbocycles. The van der Waals surface area contributed by atoms with Crippen LogP contribution >= 0.6 is 0 Å². The molecule has 6 nitrogen and oxygen atoms in total. The lowest BCUT2D eigenvalue weighted by molar-refractivity contribution is -0.388. The fraction of sp³-hybridized carbons (Fsp3) is 0.143. The third-order valence-corrected chi connectivity index (χ3v) is 4.31. The van der Waals surface area contributed by atoms with Crippen LogP contribution in [0.4, 0.5) is 5.69 Å². The van der Waals surface area contributed by atoms with Gasteiger partial charge in [-0.2, -0.15) is 8.42 Å². The second-order valence-electron chi connectivity index (χ2n) is 4.53. The van der Waals surface area contributed by atoms with Gasteiger partial charge in [-0.05, 0) is 31.5 Å². The maximum absolute atomic E-state index is 12.3. The number of hydrogen-bond donors (Lipinski definition) is 0. The quantitative estimate of drug-likeness (QED) is 0.492. The minimum Gasteiger partial charge on any atom is -0.379 e. The predicted molar refractivity (Wildman–Crippen MR) is 76.8 cm³/mol. The van der Waals surface area contributed by atoms with E-state index in [1.54, 1.807) is 12.1 Å². The van der Waals surface area contributed by atoms with Crippen LogP contribution in [-0.2, 0) is 10.1 Å². The average Bonchev–Trinajstić information content (AvgIpc) is 2.40. The first-order chi connectivity index (χ1) is 9.81. The molecule has 0 N–H and O–H groups in total. The molecule has 0 atom stereocenters. The van der Waals surface area contributed by atoms with Gasteiger partial charge in [0, 0.05) is 6.07 Å². The first-order valence-electron chi connectivity index (χ1n) is 6.06. The van der Waals surface area contributed by atoms with Crippen LogP contribution in [0, 0.1) is 24.0 Å². The molecule has 2 aromatic rings. The summed E-state index contributed by atoms with van der Waals surface area (Å²) in [7, 11) is -4.27. The molecule has 0 unspecified atom stereocenters. The van der Waals surface area contributed by atoms with Crippen LogP contribution < -0.4 is 4.18 Å². The van der Waals surface area contributed by atoms with Crippen LogP contribution in [0.25, 0.3) is 0 Å². The molecule has 0 aliphatic heterocycles. The van der Waals surface area contributed by atoms with Gasteiger partial charge in [0.2, 0.25) is 0 Å². The van der Waals surface area contributed by atoms with E-state index in [-0.39, 0.29) is 11.3 Å². The van der Waals surface area contributed by atoms with Gasteiger partial charge in [-0.1, -0.05) is 29.8 Å². The molecule has 0 bridgehead atoms. The standard InChI is InChI=1S/C14H13NO5S/c1-10-6-8-12(9-7-10)20-21(18,19)14-11(2)4-3-5-13(14)15(16)17/h3-9H,1-2H3. The minimum atomic E-state index is -4.27. The zero-order valence-corrected chi connectivity index (χ0v) is 12.3. The highest BCUT2D eigenvalue weighted by molar-refractivity contribution is 7.87. The molecule has 110 valence electrons. The van der Waals surface area contributed by atoms with Gasteiger partial charge in [-0.15, -0.1) is 0 Å². The number of aryl methyl sites for hydroxylation is 2. The Hall–Kier alpha value is -2.41. The fourth-order valence-electron chi connectivity index (χ4n) is 1.87. The lowest BCUT2D eigenvalue weighted by atomic mass is 10.2. The van der Waals surface area contributed by atoms with E-state index in [9.17, 15) is 18.5 Å². The normalized spacial score (nSPS) is 11.1. The van der Waals surface area contributed by atoms with Crippen molar-refractivity contribution in [2.75, 3.05) is 0 Å². The van der Waals surface area contributed by atoms with Gasteiger partial charge in [0.1, 0.15) is 5.75 Å². The van der Waals surface area contributed by atoms with Crippen LogP contribution in [0.15, 0.2) is 47.4 Å². The Morgan fingerprint density at radius 3 is 2.24 bits per heavy atom. The van der Waals surface area contributed by atoms with E-state index in [2.05, 4.69) is 0 Å². The lowest BCUT2D eigenvalue weighted by Gasteiger charge is -2.09. The third kappa shape index (κ3) is 3.19. The summed E-state index contributed by atoms with van der Waals surface area (Å²) in [4.78, 5) is 9.84. The van der Waals surface area contributed by atoms with Crippen LogP contribution in [0.5, 0.6) is 5.75 Å².